The maximum atomic E-state index is 6.33. The molecule has 0 amide bonds. The first-order chi connectivity index (χ1) is 9.92. The lowest BCUT2D eigenvalue weighted by Gasteiger charge is -2.19. The maximum Gasteiger partial charge on any atom is 0.0501 e. The van der Waals surface area contributed by atoms with Gasteiger partial charge in [-0.3, -0.25) is 11.3 Å². The second-order valence-electron chi connectivity index (χ2n) is 5.49. The molecule has 2 aromatic rings. The summed E-state index contributed by atoms with van der Waals surface area (Å²) in [7, 11) is 0. The highest BCUT2D eigenvalue weighted by molar-refractivity contribution is 9.10. The molecule has 1 atom stereocenters. The van der Waals surface area contributed by atoms with Crippen molar-refractivity contribution in [2.75, 3.05) is 0 Å². The van der Waals surface area contributed by atoms with Crippen LogP contribution >= 0.6 is 27.5 Å². The normalized spacial score (nSPS) is 12.5. The molecular weight excluding hydrogens is 348 g/mol. The van der Waals surface area contributed by atoms with E-state index in [0.29, 0.717) is 0 Å². The molecule has 112 valence electrons. The molecule has 0 spiro atoms. The average molecular weight is 368 g/mol. The molecule has 21 heavy (non-hydrogen) atoms. The van der Waals surface area contributed by atoms with E-state index in [4.69, 9.17) is 17.4 Å². The Kier molecular flexibility index (Phi) is 5.44. The smallest absolute Gasteiger partial charge is 0.0501 e. The van der Waals surface area contributed by atoms with Crippen LogP contribution in [0, 0.1) is 20.8 Å². The fraction of sp³-hybridized carbons (Fsp3) is 0.294. The number of hydrazine groups is 1. The highest BCUT2D eigenvalue weighted by Crippen LogP contribution is 2.28. The van der Waals surface area contributed by atoms with E-state index in [1.807, 2.05) is 13.0 Å². The molecule has 0 aliphatic carbocycles. The fourth-order valence-corrected chi connectivity index (χ4v) is 3.03. The largest absolute Gasteiger partial charge is 0.271 e. The second kappa shape index (κ2) is 6.93. The molecule has 4 heteroatoms. The highest BCUT2D eigenvalue weighted by Gasteiger charge is 2.14. The Hall–Kier alpha value is -0.870. The first-order valence-electron chi connectivity index (χ1n) is 6.90. The summed E-state index contributed by atoms with van der Waals surface area (Å²) in [6, 6.07) is 10.5. The van der Waals surface area contributed by atoms with Crippen molar-refractivity contribution in [3.63, 3.8) is 0 Å². The van der Waals surface area contributed by atoms with Crippen LogP contribution in [0.4, 0.5) is 0 Å². The molecule has 0 bridgehead atoms. The molecule has 0 radical (unpaired) electrons. The van der Waals surface area contributed by atoms with Crippen molar-refractivity contribution in [2.45, 2.75) is 33.2 Å². The SMILES string of the molecule is Cc1ccc(CC(NN)c2cc(C)c(Br)c(C)c2)c(Cl)c1. The summed E-state index contributed by atoms with van der Waals surface area (Å²) in [5.41, 5.74) is 8.76. The first-order valence-corrected chi connectivity index (χ1v) is 8.07. The van der Waals surface area contributed by atoms with Gasteiger partial charge in [-0.1, -0.05) is 51.8 Å². The highest BCUT2D eigenvalue weighted by atomic mass is 79.9. The van der Waals surface area contributed by atoms with Gasteiger partial charge in [0.05, 0.1) is 6.04 Å². The van der Waals surface area contributed by atoms with Gasteiger partial charge in [-0.25, -0.2) is 0 Å². The van der Waals surface area contributed by atoms with Crippen LogP contribution in [0.5, 0.6) is 0 Å². The van der Waals surface area contributed by atoms with Crippen molar-refractivity contribution in [2.24, 2.45) is 5.84 Å². The first kappa shape index (κ1) is 16.5. The lowest BCUT2D eigenvalue weighted by molar-refractivity contribution is 0.551. The van der Waals surface area contributed by atoms with E-state index in [0.717, 1.165) is 27.0 Å². The van der Waals surface area contributed by atoms with E-state index in [1.165, 1.54) is 16.7 Å². The topological polar surface area (TPSA) is 38.0 Å². The van der Waals surface area contributed by atoms with E-state index >= 15 is 0 Å². The molecule has 0 aliphatic rings. The number of rotatable bonds is 4. The van der Waals surface area contributed by atoms with E-state index in [9.17, 15) is 0 Å². The van der Waals surface area contributed by atoms with Crippen molar-refractivity contribution in [1.29, 1.82) is 0 Å². The Morgan fingerprint density at radius 3 is 2.29 bits per heavy atom. The Morgan fingerprint density at radius 1 is 1.14 bits per heavy atom. The lowest BCUT2D eigenvalue weighted by Crippen LogP contribution is -2.29. The fourth-order valence-electron chi connectivity index (χ4n) is 2.49. The number of halogens is 2. The molecule has 2 rings (SSSR count). The van der Waals surface area contributed by atoms with Gasteiger partial charge in [0.15, 0.2) is 0 Å². The predicted molar refractivity (Wildman–Crippen MR) is 93.6 cm³/mol. The molecule has 2 nitrogen and oxygen atoms in total. The summed E-state index contributed by atoms with van der Waals surface area (Å²) >= 11 is 9.93. The van der Waals surface area contributed by atoms with E-state index in [-0.39, 0.29) is 6.04 Å². The molecule has 0 saturated heterocycles. The van der Waals surface area contributed by atoms with E-state index < -0.39 is 0 Å². The Bertz CT molecular complexity index is 632. The summed E-state index contributed by atoms with van der Waals surface area (Å²) in [5.74, 6) is 5.77. The quantitative estimate of drug-likeness (QED) is 0.603. The average Bonchev–Trinajstić information content (AvgIpc) is 2.43. The molecule has 1 unspecified atom stereocenters. The minimum Gasteiger partial charge on any atom is -0.271 e. The van der Waals surface area contributed by atoms with Gasteiger partial charge in [-0.05, 0) is 61.1 Å². The third-order valence-electron chi connectivity index (χ3n) is 3.69. The van der Waals surface area contributed by atoms with Gasteiger partial charge in [0.2, 0.25) is 0 Å². The van der Waals surface area contributed by atoms with Crippen LogP contribution < -0.4 is 11.3 Å². The summed E-state index contributed by atoms with van der Waals surface area (Å²) in [6.45, 7) is 6.22. The number of nitrogens with one attached hydrogen (secondary N) is 1. The Balaban J connectivity index is 2.32. The molecule has 0 fully saturated rings. The van der Waals surface area contributed by atoms with Crippen molar-refractivity contribution in [1.82, 2.24) is 5.43 Å². The third kappa shape index (κ3) is 3.86. The Morgan fingerprint density at radius 2 is 1.76 bits per heavy atom. The molecule has 0 aromatic heterocycles. The van der Waals surface area contributed by atoms with Crippen LogP contribution in [-0.2, 0) is 6.42 Å². The monoisotopic (exact) mass is 366 g/mol. The summed E-state index contributed by atoms with van der Waals surface area (Å²) in [5, 5.41) is 0.792. The van der Waals surface area contributed by atoms with Crippen LogP contribution in [0.1, 0.15) is 33.9 Å². The number of hydrogen-bond donors (Lipinski definition) is 2. The van der Waals surface area contributed by atoms with Crippen LogP contribution in [-0.4, -0.2) is 0 Å². The van der Waals surface area contributed by atoms with Gasteiger partial charge in [0, 0.05) is 9.50 Å². The van der Waals surface area contributed by atoms with Gasteiger partial charge in [0.25, 0.3) is 0 Å². The van der Waals surface area contributed by atoms with Gasteiger partial charge < -0.3 is 0 Å². The van der Waals surface area contributed by atoms with Crippen molar-refractivity contribution < 1.29 is 0 Å². The van der Waals surface area contributed by atoms with Gasteiger partial charge >= 0.3 is 0 Å². The zero-order chi connectivity index (χ0) is 15.6. The third-order valence-corrected chi connectivity index (χ3v) is 5.30. The van der Waals surface area contributed by atoms with Crippen molar-refractivity contribution in [3.05, 3.63) is 67.6 Å². The van der Waals surface area contributed by atoms with Crippen molar-refractivity contribution >= 4 is 27.5 Å². The lowest BCUT2D eigenvalue weighted by atomic mass is 9.96. The van der Waals surface area contributed by atoms with Crippen LogP contribution in [0.2, 0.25) is 5.02 Å². The molecule has 0 heterocycles. The van der Waals surface area contributed by atoms with Crippen LogP contribution in [0.3, 0.4) is 0 Å². The van der Waals surface area contributed by atoms with E-state index in [2.05, 4.69) is 59.5 Å². The van der Waals surface area contributed by atoms with E-state index in [1.54, 1.807) is 0 Å². The van der Waals surface area contributed by atoms with Crippen LogP contribution in [0.25, 0.3) is 0 Å². The van der Waals surface area contributed by atoms with Gasteiger partial charge in [-0.2, -0.15) is 0 Å². The predicted octanol–water partition coefficient (Wildman–Crippen LogP) is 4.77. The zero-order valence-corrected chi connectivity index (χ0v) is 14.8. The second-order valence-corrected chi connectivity index (χ2v) is 6.69. The molecule has 0 saturated carbocycles. The number of hydrogen-bond acceptors (Lipinski definition) is 2. The number of benzene rings is 2. The van der Waals surface area contributed by atoms with Gasteiger partial charge in [-0.15, -0.1) is 0 Å². The summed E-state index contributed by atoms with van der Waals surface area (Å²) in [6.07, 6.45) is 0.760. The Labute approximate surface area is 139 Å². The molecular formula is C17H20BrClN2. The number of nitrogens with two attached hydrogens (primary N) is 1. The minimum absolute atomic E-state index is 0.0377. The number of aryl methyl sites for hydroxylation is 3. The molecule has 3 N–H and O–H groups in total. The molecule has 2 aromatic carbocycles. The maximum absolute atomic E-state index is 6.33. The zero-order valence-electron chi connectivity index (χ0n) is 12.5. The van der Waals surface area contributed by atoms with Crippen molar-refractivity contribution in [3.8, 4) is 0 Å². The van der Waals surface area contributed by atoms with Gasteiger partial charge in [0.1, 0.15) is 0 Å². The summed E-state index contributed by atoms with van der Waals surface area (Å²) < 4.78 is 1.15. The van der Waals surface area contributed by atoms with Crippen LogP contribution in [0.15, 0.2) is 34.8 Å². The minimum atomic E-state index is 0.0377. The molecule has 0 aliphatic heterocycles. The standard InChI is InChI=1S/C17H20BrClN2/c1-10-4-5-13(15(19)6-10)9-16(21-20)14-7-11(2)17(18)12(3)8-14/h4-8,16,21H,9,20H2,1-3H3. The summed E-state index contributed by atoms with van der Waals surface area (Å²) in [4.78, 5) is 0.